The number of nitrogens with one attached hydrogen (secondary N) is 1. The fraction of sp³-hybridized carbons (Fsp3) is 0.545. The number of ether oxygens (including phenoxy) is 1. The molecule has 0 aromatic heterocycles. The summed E-state index contributed by atoms with van der Waals surface area (Å²) in [5.41, 5.74) is 1.23. The molecule has 19 heavy (non-hydrogen) atoms. The molecule has 1 unspecified atom stereocenters. The zero-order chi connectivity index (χ0) is 14.4. The van der Waals surface area contributed by atoms with Crippen LogP contribution in [0.1, 0.15) is 19.3 Å². The molecule has 1 rings (SSSR count). The van der Waals surface area contributed by atoms with Gasteiger partial charge >= 0.3 is 11.9 Å². The first-order chi connectivity index (χ1) is 8.95. The van der Waals surface area contributed by atoms with Crippen LogP contribution in [0.25, 0.3) is 0 Å². The number of methoxy groups -OCH3 is 1. The van der Waals surface area contributed by atoms with Crippen molar-refractivity contribution in [3.8, 4) is 0 Å². The van der Waals surface area contributed by atoms with Crippen molar-refractivity contribution in [2.24, 2.45) is 4.99 Å². The van der Waals surface area contributed by atoms with E-state index >= 15 is 0 Å². The van der Waals surface area contributed by atoms with E-state index in [1.54, 1.807) is 0 Å². The largest absolute Gasteiger partial charge is 0.493 e. The van der Waals surface area contributed by atoms with Gasteiger partial charge in [-0.05, 0) is 19.3 Å². The maximum Gasteiger partial charge on any atom is 0.322 e. The molecule has 0 aromatic carbocycles. The molecule has 0 saturated heterocycles. The standard InChI is InChI=1S/C11H17BN2O5/c1-19-9-6(13-5-8(15)16)3-2-4-7(9)14-10(12)11(17)18/h10,13H,2-5,12H2,1H3,(H,15,16)(H,17,18)/b14-7+. The second kappa shape index (κ2) is 6.82. The van der Waals surface area contributed by atoms with Crippen LogP contribution in [-0.4, -0.2) is 55.3 Å². The molecule has 0 aliphatic heterocycles. The van der Waals surface area contributed by atoms with E-state index in [9.17, 15) is 9.59 Å². The van der Waals surface area contributed by atoms with Gasteiger partial charge in [-0.15, -0.1) is 0 Å². The van der Waals surface area contributed by atoms with E-state index in [0.29, 0.717) is 30.0 Å². The van der Waals surface area contributed by atoms with Crippen molar-refractivity contribution in [1.29, 1.82) is 0 Å². The molecule has 0 bridgehead atoms. The maximum absolute atomic E-state index is 10.8. The molecule has 8 heteroatoms. The first kappa shape index (κ1) is 15.1. The highest BCUT2D eigenvalue weighted by molar-refractivity contribution is 6.23. The summed E-state index contributed by atoms with van der Waals surface area (Å²) in [5.74, 6) is -2.36. The third kappa shape index (κ3) is 4.31. The van der Waals surface area contributed by atoms with Gasteiger partial charge in [-0.3, -0.25) is 14.6 Å². The molecule has 104 valence electrons. The number of nitrogens with zero attached hydrogens (tertiary/aromatic N) is 1. The second-order valence-electron chi connectivity index (χ2n) is 4.20. The van der Waals surface area contributed by atoms with Crippen molar-refractivity contribution in [3.05, 3.63) is 11.5 Å². The van der Waals surface area contributed by atoms with Crippen molar-refractivity contribution in [3.63, 3.8) is 0 Å². The summed E-state index contributed by atoms with van der Waals surface area (Å²) in [5, 5.41) is 20.3. The summed E-state index contributed by atoms with van der Waals surface area (Å²) in [6.45, 7) is -0.204. The van der Waals surface area contributed by atoms with Crippen molar-refractivity contribution >= 4 is 25.5 Å². The predicted octanol–water partition coefficient (Wildman–Crippen LogP) is -0.813. The fourth-order valence-corrected chi connectivity index (χ4v) is 1.84. The van der Waals surface area contributed by atoms with E-state index in [2.05, 4.69) is 10.3 Å². The summed E-state index contributed by atoms with van der Waals surface area (Å²) in [4.78, 5) is 25.5. The average molecular weight is 268 g/mol. The SMILES string of the molecule is BC(/N=C1\CCCC(NCC(=O)O)=C1OC)C(=O)O. The number of allylic oxidation sites excluding steroid dienone is 2. The first-order valence-electron chi connectivity index (χ1n) is 5.98. The van der Waals surface area contributed by atoms with Gasteiger partial charge in [-0.2, -0.15) is 0 Å². The first-order valence-corrected chi connectivity index (χ1v) is 5.98. The zero-order valence-electron chi connectivity index (χ0n) is 11.0. The van der Waals surface area contributed by atoms with Gasteiger partial charge < -0.3 is 20.3 Å². The third-order valence-electron chi connectivity index (χ3n) is 2.74. The lowest BCUT2D eigenvalue weighted by Crippen LogP contribution is -2.29. The van der Waals surface area contributed by atoms with Crippen LogP contribution in [-0.2, 0) is 14.3 Å². The van der Waals surface area contributed by atoms with Gasteiger partial charge in [0.1, 0.15) is 20.3 Å². The molecule has 0 saturated carbocycles. The van der Waals surface area contributed by atoms with Crippen LogP contribution < -0.4 is 5.32 Å². The summed E-state index contributed by atoms with van der Waals surface area (Å²) < 4.78 is 5.23. The topological polar surface area (TPSA) is 108 Å². The molecule has 1 aliphatic carbocycles. The zero-order valence-corrected chi connectivity index (χ0v) is 11.0. The number of rotatable bonds is 6. The Morgan fingerprint density at radius 1 is 1.47 bits per heavy atom. The van der Waals surface area contributed by atoms with Gasteiger partial charge in [-0.25, -0.2) is 0 Å². The molecular formula is C11H17BN2O5. The minimum atomic E-state index is -1.01. The van der Waals surface area contributed by atoms with E-state index in [1.807, 2.05) is 0 Å². The van der Waals surface area contributed by atoms with E-state index in [-0.39, 0.29) is 6.54 Å². The van der Waals surface area contributed by atoms with Crippen molar-refractivity contribution in [2.75, 3.05) is 13.7 Å². The lowest BCUT2D eigenvalue weighted by Gasteiger charge is -2.22. The highest BCUT2D eigenvalue weighted by atomic mass is 16.5. The van der Waals surface area contributed by atoms with Crippen LogP contribution >= 0.6 is 0 Å². The number of hydrogen-bond donors (Lipinski definition) is 3. The molecule has 0 fully saturated rings. The van der Waals surface area contributed by atoms with Gasteiger partial charge in [0, 0.05) is 0 Å². The van der Waals surface area contributed by atoms with Gasteiger partial charge in [0.2, 0.25) is 0 Å². The number of carboxylic acid groups (broad SMARTS) is 2. The summed E-state index contributed by atoms with van der Waals surface area (Å²) in [7, 11) is 2.95. The van der Waals surface area contributed by atoms with Crippen molar-refractivity contribution in [2.45, 2.75) is 25.2 Å². The van der Waals surface area contributed by atoms with Crippen LogP contribution in [0.5, 0.6) is 0 Å². The number of hydrogen-bond acceptors (Lipinski definition) is 5. The molecule has 0 radical (unpaired) electrons. The highest BCUT2D eigenvalue weighted by Gasteiger charge is 2.22. The average Bonchev–Trinajstić information content (AvgIpc) is 2.36. The Morgan fingerprint density at radius 2 is 2.16 bits per heavy atom. The predicted molar refractivity (Wildman–Crippen MR) is 70.9 cm³/mol. The maximum atomic E-state index is 10.8. The number of carboxylic acids is 2. The van der Waals surface area contributed by atoms with E-state index in [0.717, 1.165) is 6.42 Å². The molecule has 1 atom stereocenters. The van der Waals surface area contributed by atoms with Crippen LogP contribution in [0, 0.1) is 0 Å². The molecular weight excluding hydrogens is 251 g/mol. The van der Waals surface area contributed by atoms with E-state index in [4.69, 9.17) is 14.9 Å². The molecule has 0 amide bonds. The van der Waals surface area contributed by atoms with Gasteiger partial charge in [0.25, 0.3) is 0 Å². The summed E-state index contributed by atoms with van der Waals surface area (Å²) in [6.07, 6.45) is 2.07. The van der Waals surface area contributed by atoms with E-state index < -0.39 is 17.9 Å². The van der Waals surface area contributed by atoms with Gasteiger partial charge in [0.05, 0.1) is 18.5 Å². The lowest BCUT2D eigenvalue weighted by atomic mass is 9.95. The Balaban J connectivity index is 2.95. The minimum Gasteiger partial charge on any atom is -0.493 e. The Hall–Kier alpha value is -1.99. The molecule has 0 spiro atoms. The Morgan fingerprint density at radius 3 is 2.68 bits per heavy atom. The monoisotopic (exact) mass is 268 g/mol. The lowest BCUT2D eigenvalue weighted by molar-refractivity contribution is -0.137. The molecule has 0 heterocycles. The van der Waals surface area contributed by atoms with Crippen molar-refractivity contribution < 1.29 is 24.5 Å². The second-order valence-corrected chi connectivity index (χ2v) is 4.20. The number of aliphatic imine (C=N–C) groups is 1. The smallest absolute Gasteiger partial charge is 0.322 e. The Labute approximate surface area is 111 Å². The fourth-order valence-electron chi connectivity index (χ4n) is 1.84. The number of aliphatic carboxylic acids is 2. The minimum absolute atomic E-state index is 0.204. The van der Waals surface area contributed by atoms with Gasteiger partial charge in [0.15, 0.2) is 5.76 Å². The summed E-state index contributed by atoms with van der Waals surface area (Å²) >= 11 is 0. The van der Waals surface area contributed by atoms with E-state index in [1.165, 1.54) is 15.0 Å². The third-order valence-corrected chi connectivity index (χ3v) is 2.74. The Bertz CT molecular complexity index is 433. The number of carbonyl (C=O) groups is 2. The molecule has 0 aromatic rings. The normalized spacial score (nSPS) is 19.1. The highest BCUT2D eigenvalue weighted by Crippen LogP contribution is 2.22. The summed E-state index contributed by atoms with van der Waals surface area (Å²) in [6, 6.07) is 0. The quantitative estimate of drug-likeness (QED) is 0.543. The van der Waals surface area contributed by atoms with Crippen molar-refractivity contribution in [1.82, 2.24) is 5.32 Å². The molecule has 1 aliphatic rings. The molecule has 3 N–H and O–H groups in total. The molecule has 7 nitrogen and oxygen atoms in total. The van der Waals surface area contributed by atoms with Crippen LogP contribution in [0.15, 0.2) is 16.4 Å². The Kier molecular flexibility index (Phi) is 5.41. The van der Waals surface area contributed by atoms with Crippen LogP contribution in [0.3, 0.4) is 0 Å². The van der Waals surface area contributed by atoms with Gasteiger partial charge in [-0.1, -0.05) is 0 Å². The van der Waals surface area contributed by atoms with Crippen LogP contribution in [0.4, 0.5) is 0 Å². The van der Waals surface area contributed by atoms with Crippen LogP contribution in [0.2, 0.25) is 0 Å².